The molecule has 1 aromatic heterocycles. The Kier molecular flexibility index (Phi) is 3.29. The molecule has 0 bridgehead atoms. The van der Waals surface area contributed by atoms with Gasteiger partial charge in [-0.25, -0.2) is 0 Å². The Morgan fingerprint density at radius 2 is 2.36 bits per heavy atom. The average molecular weight is 258 g/mol. The second kappa shape index (κ2) is 4.49. The number of halogens is 1. The predicted molar refractivity (Wildman–Crippen MR) is 60.0 cm³/mol. The van der Waals surface area contributed by atoms with Crippen LogP contribution in [0.25, 0.3) is 0 Å². The molecule has 78 valence electrons. The van der Waals surface area contributed by atoms with E-state index < -0.39 is 0 Å². The molecule has 2 unspecified atom stereocenters. The van der Waals surface area contributed by atoms with Crippen molar-refractivity contribution in [1.82, 2.24) is 0 Å². The summed E-state index contributed by atoms with van der Waals surface area (Å²) in [5.74, 6) is 0.753. The van der Waals surface area contributed by atoms with E-state index in [-0.39, 0.29) is 0 Å². The maximum atomic E-state index is 5.95. The van der Waals surface area contributed by atoms with Crippen molar-refractivity contribution in [2.24, 2.45) is 11.7 Å². The molecule has 1 aliphatic rings. The number of hydrogen-bond donors (Lipinski definition) is 1. The van der Waals surface area contributed by atoms with Crippen molar-refractivity contribution in [3.05, 3.63) is 22.6 Å². The molecular weight excluding hydrogens is 242 g/mol. The van der Waals surface area contributed by atoms with Crippen LogP contribution in [0.1, 0.15) is 31.2 Å². The Morgan fingerprint density at radius 3 is 3.00 bits per heavy atom. The molecule has 0 amide bonds. The van der Waals surface area contributed by atoms with Gasteiger partial charge in [0.15, 0.2) is 4.67 Å². The highest BCUT2D eigenvalue weighted by Crippen LogP contribution is 2.27. The quantitative estimate of drug-likeness (QED) is 0.885. The van der Waals surface area contributed by atoms with Crippen molar-refractivity contribution >= 4 is 15.9 Å². The van der Waals surface area contributed by atoms with Gasteiger partial charge in [-0.15, -0.1) is 0 Å². The van der Waals surface area contributed by atoms with Crippen LogP contribution in [0.3, 0.4) is 0 Å². The highest BCUT2D eigenvalue weighted by molar-refractivity contribution is 9.10. The van der Waals surface area contributed by atoms with Gasteiger partial charge in [0.25, 0.3) is 0 Å². The second-order valence-corrected chi connectivity index (χ2v) is 5.04. The lowest BCUT2D eigenvalue weighted by Gasteiger charge is -2.26. The average Bonchev–Trinajstić information content (AvgIpc) is 2.51. The van der Waals surface area contributed by atoms with Crippen molar-refractivity contribution in [3.63, 3.8) is 0 Å². The molecule has 3 heteroatoms. The van der Waals surface area contributed by atoms with Crippen molar-refractivity contribution < 1.29 is 4.42 Å². The fourth-order valence-electron chi connectivity index (χ4n) is 2.30. The van der Waals surface area contributed by atoms with Crippen LogP contribution >= 0.6 is 15.9 Å². The van der Waals surface area contributed by atoms with E-state index in [1.165, 1.54) is 31.2 Å². The summed E-state index contributed by atoms with van der Waals surface area (Å²) in [5.41, 5.74) is 7.24. The first-order valence-corrected chi connectivity index (χ1v) is 6.02. The molecular formula is C11H16BrNO. The summed E-state index contributed by atoms with van der Waals surface area (Å²) in [5, 5.41) is 0. The van der Waals surface area contributed by atoms with Crippen LogP contribution in [0.4, 0.5) is 0 Å². The minimum Gasteiger partial charge on any atom is -0.457 e. The smallest absolute Gasteiger partial charge is 0.169 e. The molecule has 14 heavy (non-hydrogen) atoms. The topological polar surface area (TPSA) is 39.2 Å². The van der Waals surface area contributed by atoms with E-state index in [0.717, 1.165) is 17.0 Å². The van der Waals surface area contributed by atoms with Crippen molar-refractivity contribution in [2.45, 2.75) is 38.1 Å². The van der Waals surface area contributed by atoms with Gasteiger partial charge in [0.1, 0.15) is 0 Å². The van der Waals surface area contributed by atoms with Crippen LogP contribution in [0, 0.1) is 5.92 Å². The molecule has 0 aliphatic heterocycles. The van der Waals surface area contributed by atoms with E-state index in [1.54, 1.807) is 0 Å². The lowest BCUT2D eigenvalue weighted by molar-refractivity contribution is 0.320. The van der Waals surface area contributed by atoms with Gasteiger partial charge < -0.3 is 10.2 Å². The summed E-state index contributed by atoms with van der Waals surface area (Å²) in [6, 6.07) is 2.48. The zero-order chi connectivity index (χ0) is 9.97. The first-order valence-electron chi connectivity index (χ1n) is 5.22. The maximum absolute atomic E-state index is 5.95. The highest BCUT2D eigenvalue weighted by atomic mass is 79.9. The van der Waals surface area contributed by atoms with E-state index in [9.17, 15) is 0 Å². The van der Waals surface area contributed by atoms with Crippen molar-refractivity contribution in [1.29, 1.82) is 0 Å². The van der Waals surface area contributed by atoms with E-state index >= 15 is 0 Å². The molecule has 2 atom stereocenters. The third-order valence-electron chi connectivity index (χ3n) is 2.97. The summed E-state index contributed by atoms with van der Waals surface area (Å²) < 4.78 is 6.04. The molecule has 2 nitrogen and oxygen atoms in total. The summed E-state index contributed by atoms with van der Waals surface area (Å²) in [4.78, 5) is 0. The van der Waals surface area contributed by atoms with E-state index in [1.807, 2.05) is 6.26 Å². The number of nitrogens with two attached hydrogens (primary N) is 1. The number of hydrogen-bond acceptors (Lipinski definition) is 2. The Balaban J connectivity index is 1.90. The molecule has 0 spiro atoms. The zero-order valence-electron chi connectivity index (χ0n) is 8.21. The van der Waals surface area contributed by atoms with Gasteiger partial charge in [-0.2, -0.15) is 0 Å². The van der Waals surface area contributed by atoms with E-state index in [4.69, 9.17) is 10.2 Å². The SMILES string of the molecule is NC1CCCC(Cc2coc(Br)c2)C1. The van der Waals surface area contributed by atoms with Crippen LogP contribution in [-0.2, 0) is 6.42 Å². The summed E-state index contributed by atoms with van der Waals surface area (Å²) >= 11 is 3.32. The summed E-state index contributed by atoms with van der Waals surface area (Å²) in [6.07, 6.45) is 7.92. The minimum atomic E-state index is 0.420. The van der Waals surface area contributed by atoms with Crippen LogP contribution in [0.5, 0.6) is 0 Å². The third-order valence-corrected chi connectivity index (χ3v) is 3.39. The van der Waals surface area contributed by atoms with Gasteiger partial charge in [0.2, 0.25) is 0 Å². The molecule has 1 aromatic rings. The maximum Gasteiger partial charge on any atom is 0.169 e. The lowest BCUT2D eigenvalue weighted by atomic mass is 9.83. The van der Waals surface area contributed by atoms with Gasteiger partial charge in [-0.05, 0) is 52.7 Å². The standard InChI is InChI=1S/C11H16BrNO/c12-11-6-9(7-14-11)4-8-2-1-3-10(13)5-8/h6-8,10H,1-5,13H2. The second-order valence-electron chi connectivity index (χ2n) is 4.26. The van der Waals surface area contributed by atoms with E-state index in [2.05, 4.69) is 22.0 Å². The van der Waals surface area contributed by atoms with Gasteiger partial charge in [-0.3, -0.25) is 0 Å². The van der Waals surface area contributed by atoms with Crippen LogP contribution in [0.15, 0.2) is 21.4 Å². The molecule has 1 fully saturated rings. The minimum absolute atomic E-state index is 0.420. The van der Waals surface area contributed by atoms with E-state index in [0.29, 0.717) is 6.04 Å². The van der Waals surface area contributed by atoms with Crippen molar-refractivity contribution in [3.8, 4) is 0 Å². The van der Waals surface area contributed by atoms with Crippen molar-refractivity contribution in [2.75, 3.05) is 0 Å². The van der Waals surface area contributed by atoms with Gasteiger partial charge >= 0.3 is 0 Å². The normalized spacial score (nSPS) is 27.9. The van der Waals surface area contributed by atoms with Gasteiger partial charge in [0, 0.05) is 6.04 Å². The molecule has 2 rings (SSSR count). The molecule has 2 N–H and O–H groups in total. The number of furan rings is 1. The third kappa shape index (κ3) is 2.61. The highest BCUT2D eigenvalue weighted by Gasteiger charge is 2.19. The molecule has 1 saturated carbocycles. The number of rotatable bonds is 2. The summed E-state index contributed by atoms with van der Waals surface area (Å²) in [6.45, 7) is 0. The van der Waals surface area contributed by atoms with Gasteiger partial charge in [-0.1, -0.05) is 12.8 Å². The Labute approximate surface area is 93.0 Å². The molecule has 0 radical (unpaired) electrons. The lowest BCUT2D eigenvalue weighted by Crippen LogP contribution is -2.28. The first-order chi connectivity index (χ1) is 6.74. The van der Waals surface area contributed by atoms with Crippen LogP contribution in [-0.4, -0.2) is 6.04 Å². The molecule has 1 heterocycles. The Morgan fingerprint density at radius 1 is 1.50 bits per heavy atom. The van der Waals surface area contributed by atoms with Crippen LogP contribution < -0.4 is 5.73 Å². The largest absolute Gasteiger partial charge is 0.457 e. The predicted octanol–water partition coefficient (Wildman–Crippen LogP) is 3.10. The fraction of sp³-hybridized carbons (Fsp3) is 0.636. The fourth-order valence-corrected chi connectivity index (χ4v) is 2.69. The van der Waals surface area contributed by atoms with Crippen LogP contribution in [0.2, 0.25) is 0 Å². The first kappa shape index (κ1) is 10.2. The molecule has 1 aliphatic carbocycles. The zero-order valence-corrected chi connectivity index (χ0v) is 9.79. The van der Waals surface area contributed by atoms with Gasteiger partial charge in [0.05, 0.1) is 6.26 Å². The Hall–Kier alpha value is -0.280. The molecule has 0 saturated heterocycles. The monoisotopic (exact) mass is 257 g/mol. The Bertz CT molecular complexity index is 297. The molecule has 0 aromatic carbocycles. The summed E-state index contributed by atoms with van der Waals surface area (Å²) in [7, 11) is 0.